The van der Waals surface area contributed by atoms with Crippen molar-refractivity contribution >= 4 is 11.6 Å². The molecule has 1 amide bonds. The third kappa shape index (κ3) is 2.45. The highest BCUT2D eigenvalue weighted by molar-refractivity contribution is 6.01. The first-order chi connectivity index (χ1) is 10.7. The van der Waals surface area contributed by atoms with Crippen molar-refractivity contribution < 1.29 is 14.3 Å². The highest BCUT2D eigenvalue weighted by Gasteiger charge is 2.27. The highest BCUT2D eigenvalue weighted by Crippen LogP contribution is 2.37. The lowest BCUT2D eigenvalue weighted by Crippen LogP contribution is -2.38. The summed E-state index contributed by atoms with van der Waals surface area (Å²) in [7, 11) is 1.60. The van der Waals surface area contributed by atoms with Crippen LogP contribution in [0.25, 0.3) is 0 Å². The van der Waals surface area contributed by atoms with Gasteiger partial charge in [0.2, 0.25) is 0 Å². The predicted molar refractivity (Wildman–Crippen MR) is 84.4 cm³/mol. The number of anilines is 1. The normalized spacial score (nSPS) is 16.3. The zero-order valence-electron chi connectivity index (χ0n) is 12.6. The van der Waals surface area contributed by atoms with Crippen molar-refractivity contribution in [1.82, 2.24) is 5.32 Å². The number of fused-ring (bicyclic) bond motifs is 1. The first kappa shape index (κ1) is 14.3. The summed E-state index contributed by atoms with van der Waals surface area (Å²) in [6, 6.07) is 13.1. The Bertz CT molecular complexity index is 700. The van der Waals surface area contributed by atoms with E-state index >= 15 is 0 Å². The van der Waals surface area contributed by atoms with Gasteiger partial charge in [0.05, 0.1) is 19.3 Å². The van der Waals surface area contributed by atoms with Gasteiger partial charge in [0.25, 0.3) is 5.91 Å². The molecule has 1 heterocycles. The van der Waals surface area contributed by atoms with Crippen LogP contribution in [-0.4, -0.2) is 19.6 Å². The third-order valence-electron chi connectivity index (χ3n) is 3.57. The van der Waals surface area contributed by atoms with Crippen molar-refractivity contribution in [3.63, 3.8) is 0 Å². The molecule has 5 nitrogen and oxygen atoms in total. The first-order valence-corrected chi connectivity index (χ1v) is 7.20. The molecule has 2 N–H and O–H groups in total. The maximum absolute atomic E-state index is 12.3. The SMILES string of the molecule is CCOc1cccc([C@@H]2NC(=O)c3ccccc3N2)c1OC. The van der Waals surface area contributed by atoms with Gasteiger partial charge in [-0.3, -0.25) is 4.79 Å². The van der Waals surface area contributed by atoms with Crippen LogP contribution >= 0.6 is 0 Å². The van der Waals surface area contributed by atoms with Gasteiger partial charge < -0.3 is 20.1 Å². The Kier molecular flexibility index (Phi) is 3.87. The molecule has 0 saturated heterocycles. The summed E-state index contributed by atoms with van der Waals surface area (Å²) in [6.07, 6.45) is -0.363. The Morgan fingerprint density at radius 2 is 1.91 bits per heavy atom. The van der Waals surface area contributed by atoms with Gasteiger partial charge in [-0.1, -0.05) is 24.3 Å². The minimum absolute atomic E-state index is 0.108. The lowest BCUT2D eigenvalue weighted by atomic mass is 10.0. The maximum Gasteiger partial charge on any atom is 0.255 e. The number of amides is 1. The van der Waals surface area contributed by atoms with Gasteiger partial charge in [0, 0.05) is 11.3 Å². The van der Waals surface area contributed by atoms with Crippen molar-refractivity contribution in [1.29, 1.82) is 0 Å². The van der Waals surface area contributed by atoms with Gasteiger partial charge in [-0.25, -0.2) is 0 Å². The quantitative estimate of drug-likeness (QED) is 0.911. The molecule has 0 fully saturated rings. The van der Waals surface area contributed by atoms with E-state index < -0.39 is 0 Å². The molecule has 0 saturated carbocycles. The molecule has 22 heavy (non-hydrogen) atoms. The molecule has 0 aromatic heterocycles. The highest BCUT2D eigenvalue weighted by atomic mass is 16.5. The van der Waals surface area contributed by atoms with Crippen LogP contribution in [0, 0.1) is 0 Å². The lowest BCUT2D eigenvalue weighted by Gasteiger charge is -2.29. The second-order valence-electron chi connectivity index (χ2n) is 4.91. The topological polar surface area (TPSA) is 59.6 Å². The number of carbonyl (C=O) groups is 1. The number of hydrogen-bond donors (Lipinski definition) is 2. The molecule has 3 rings (SSSR count). The monoisotopic (exact) mass is 298 g/mol. The summed E-state index contributed by atoms with van der Waals surface area (Å²) in [5.41, 5.74) is 2.27. The van der Waals surface area contributed by atoms with E-state index in [0.717, 1.165) is 11.3 Å². The number of ether oxygens (including phenoxy) is 2. The second-order valence-corrected chi connectivity index (χ2v) is 4.91. The number of nitrogens with one attached hydrogen (secondary N) is 2. The Labute approximate surface area is 129 Å². The molecule has 0 radical (unpaired) electrons. The van der Waals surface area contributed by atoms with Gasteiger partial charge >= 0.3 is 0 Å². The van der Waals surface area contributed by atoms with Crippen molar-refractivity contribution in [2.45, 2.75) is 13.1 Å². The fourth-order valence-corrected chi connectivity index (χ4v) is 2.61. The predicted octanol–water partition coefficient (Wildman–Crippen LogP) is 2.95. The molecular weight excluding hydrogens is 280 g/mol. The zero-order valence-corrected chi connectivity index (χ0v) is 12.6. The maximum atomic E-state index is 12.3. The fraction of sp³-hybridized carbons (Fsp3) is 0.235. The van der Waals surface area contributed by atoms with E-state index in [1.807, 2.05) is 43.3 Å². The molecule has 114 valence electrons. The number of para-hydroxylation sites is 2. The number of rotatable bonds is 4. The van der Waals surface area contributed by atoms with Crippen LogP contribution in [0.2, 0.25) is 0 Å². The van der Waals surface area contributed by atoms with Gasteiger partial charge in [-0.05, 0) is 25.1 Å². The summed E-state index contributed by atoms with van der Waals surface area (Å²) >= 11 is 0. The van der Waals surface area contributed by atoms with Crippen molar-refractivity contribution in [2.24, 2.45) is 0 Å². The molecule has 0 aliphatic carbocycles. The van der Waals surface area contributed by atoms with Gasteiger partial charge in [0.1, 0.15) is 6.17 Å². The minimum Gasteiger partial charge on any atom is -0.492 e. The van der Waals surface area contributed by atoms with Crippen LogP contribution in [0.5, 0.6) is 11.5 Å². The smallest absolute Gasteiger partial charge is 0.255 e. The largest absolute Gasteiger partial charge is 0.492 e. The van der Waals surface area contributed by atoms with Crippen molar-refractivity contribution in [3.05, 3.63) is 53.6 Å². The Morgan fingerprint density at radius 3 is 2.68 bits per heavy atom. The van der Waals surface area contributed by atoms with Crippen LogP contribution in [0.1, 0.15) is 29.0 Å². The van der Waals surface area contributed by atoms with E-state index in [2.05, 4.69) is 10.6 Å². The molecule has 1 aliphatic rings. The van der Waals surface area contributed by atoms with Gasteiger partial charge in [-0.2, -0.15) is 0 Å². The van der Waals surface area contributed by atoms with E-state index in [1.54, 1.807) is 13.2 Å². The van der Waals surface area contributed by atoms with Crippen LogP contribution in [0.3, 0.4) is 0 Å². The van der Waals surface area contributed by atoms with Crippen molar-refractivity contribution in [2.75, 3.05) is 19.0 Å². The third-order valence-corrected chi connectivity index (χ3v) is 3.57. The first-order valence-electron chi connectivity index (χ1n) is 7.20. The number of carbonyl (C=O) groups excluding carboxylic acids is 1. The fourth-order valence-electron chi connectivity index (χ4n) is 2.61. The van der Waals surface area contributed by atoms with Gasteiger partial charge in [-0.15, -0.1) is 0 Å². The zero-order chi connectivity index (χ0) is 15.5. The number of methoxy groups -OCH3 is 1. The average Bonchev–Trinajstić information content (AvgIpc) is 2.55. The van der Waals surface area contributed by atoms with E-state index in [9.17, 15) is 4.79 Å². The Hall–Kier alpha value is -2.69. The van der Waals surface area contributed by atoms with E-state index in [1.165, 1.54) is 0 Å². The number of benzene rings is 2. The summed E-state index contributed by atoms with van der Waals surface area (Å²) in [5, 5.41) is 6.27. The van der Waals surface area contributed by atoms with Crippen molar-refractivity contribution in [3.8, 4) is 11.5 Å². The van der Waals surface area contributed by atoms with Crippen LogP contribution in [0.4, 0.5) is 5.69 Å². The molecule has 0 spiro atoms. The standard InChI is InChI=1S/C17H18N2O3/c1-3-22-14-10-6-8-12(15(14)21-2)16-18-13-9-5-4-7-11(13)17(20)19-16/h4-10,16,18H,3H2,1-2H3,(H,19,20)/t16-/m0/s1. The van der Waals surface area contributed by atoms with Crippen LogP contribution in [0.15, 0.2) is 42.5 Å². The molecule has 0 bridgehead atoms. The molecule has 2 aromatic carbocycles. The van der Waals surface area contributed by atoms with E-state index in [-0.39, 0.29) is 12.1 Å². The average molecular weight is 298 g/mol. The Balaban J connectivity index is 1.99. The Morgan fingerprint density at radius 1 is 1.09 bits per heavy atom. The second kappa shape index (κ2) is 5.97. The van der Waals surface area contributed by atoms with Crippen LogP contribution < -0.4 is 20.1 Å². The number of hydrogen-bond acceptors (Lipinski definition) is 4. The van der Waals surface area contributed by atoms with E-state index in [4.69, 9.17) is 9.47 Å². The molecule has 2 aromatic rings. The molecule has 5 heteroatoms. The molecule has 0 unspecified atom stereocenters. The summed E-state index contributed by atoms with van der Waals surface area (Å²) < 4.78 is 11.1. The van der Waals surface area contributed by atoms with E-state index in [0.29, 0.717) is 23.7 Å². The summed E-state index contributed by atoms with van der Waals surface area (Å²) in [6.45, 7) is 2.47. The summed E-state index contributed by atoms with van der Waals surface area (Å²) in [4.78, 5) is 12.3. The molecule has 1 aliphatic heterocycles. The minimum atomic E-state index is -0.363. The molecular formula is C17H18N2O3. The van der Waals surface area contributed by atoms with Gasteiger partial charge in [0.15, 0.2) is 11.5 Å². The molecule has 1 atom stereocenters. The lowest BCUT2D eigenvalue weighted by molar-refractivity contribution is 0.0935. The summed E-state index contributed by atoms with van der Waals surface area (Å²) in [5.74, 6) is 1.18. The van der Waals surface area contributed by atoms with Crippen LogP contribution in [-0.2, 0) is 0 Å².